The SMILES string of the molecule is COc1ccc(S(=O)(=O)N2C[C@@H](CO)[C@H](c3ccsc3)C2)c(C)c1F. The predicted octanol–water partition coefficient (Wildman–Crippen LogP) is 2.60. The molecule has 8 heteroatoms. The van der Waals surface area contributed by atoms with E-state index in [0.717, 1.165) is 5.56 Å². The minimum atomic E-state index is -3.85. The van der Waals surface area contributed by atoms with E-state index in [1.165, 1.54) is 41.8 Å². The second kappa shape index (κ2) is 7.03. The van der Waals surface area contributed by atoms with Crippen molar-refractivity contribution in [2.75, 3.05) is 26.8 Å². The fourth-order valence-corrected chi connectivity index (χ4v) is 5.76. The van der Waals surface area contributed by atoms with Crippen LogP contribution in [0, 0.1) is 18.7 Å². The van der Waals surface area contributed by atoms with Crippen LogP contribution in [0.4, 0.5) is 4.39 Å². The second-order valence-electron chi connectivity index (χ2n) is 6.13. The Hall–Kier alpha value is -1.48. The first-order valence-electron chi connectivity index (χ1n) is 7.86. The molecule has 0 saturated carbocycles. The predicted molar refractivity (Wildman–Crippen MR) is 94.1 cm³/mol. The molecule has 0 aliphatic carbocycles. The molecule has 1 saturated heterocycles. The maximum atomic E-state index is 14.3. The number of aliphatic hydroxyl groups excluding tert-OH is 1. The summed E-state index contributed by atoms with van der Waals surface area (Å²) in [5.74, 6) is -0.889. The lowest BCUT2D eigenvalue weighted by atomic mass is 9.92. The summed E-state index contributed by atoms with van der Waals surface area (Å²) < 4.78 is 46.6. The first-order valence-corrected chi connectivity index (χ1v) is 10.2. The van der Waals surface area contributed by atoms with Gasteiger partial charge in [-0.1, -0.05) is 0 Å². The van der Waals surface area contributed by atoms with Crippen molar-refractivity contribution in [3.05, 3.63) is 45.9 Å². The van der Waals surface area contributed by atoms with E-state index in [2.05, 4.69) is 0 Å². The number of hydrogen-bond acceptors (Lipinski definition) is 5. The molecule has 1 aliphatic rings. The van der Waals surface area contributed by atoms with E-state index in [0.29, 0.717) is 0 Å². The Morgan fingerprint density at radius 2 is 2.12 bits per heavy atom. The molecule has 136 valence electrons. The minimum absolute atomic E-state index is 0.0160. The third-order valence-electron chi connectivity index (χ3n) is 4.75. The number of hydrogen-bond donors (Lipinski definition) is 1. The summed E-state index contributed by atoms with van der Waals surface area (Å²) in [6.45, 7) is 1.83. The quantitative estimate of drug-likeness (QED) is 0.859. The molecule has 1 aromatic heterocycles. The molecule has 5 nitrogen and oxygen atoms in total. The van der Waals surface area contributed by atoms with E-state index in [4.69, 9.17) is 4.74 Å². The zero-order valence-corrected chi connectivity index (χ0v) is 15.6. The average Bonchev–Trinajstić information content (AvgIpc) is 3.25. The molecule has 2 heterocycles. The van der Waals surface area contributed by atoms with E-state index in [-0.39, 0.29) is 47.7 Å². The Balaban J connectivity index is 1.95. The molecule has 0 radical (unpaired) electrons. The molecule has 0 unspecified atom stereocenters. The van der Waals surface area contributed by atoms with Crippen LogP contribution >= 0.6 is 11.3 Å². The third-order valence-corrected chi connectivity index (χ3v) is 7.43. The lowest BCUT2D eigenvalue weighted by Crippen LogP contribution is -2.30. The van der Waals surface area contributed by atoms with E-state index in [9.17, 15) is 17.9 Å². The van der Waals surface area contributed by atoms with Gasteiger partial charge in [-0.3, -0.25) is 0 Å². The number of rotatable bonds is 5. The lowest BCUT2D eigenvalue weighted by Gasteiger charge is -2.19. The standard InChI is InChI=1S/C17H20FNO4S2/c1-11-16(4-3-15(23-2)17(11)18)25(21,22)19-7-13(9-20)14(8-19)12-5-6-24-10-12/h3-6,10,13-14,20H,7-9H2,1-2H3/t13-,14-/m0/s1. The van der Waals surface area contributed by atoms with Gasteiger partial charge in [-0.25, -0.2) is 12.8 Å². The highest BCUT2D eigenvalue weighted by Crippen LogP contribution is 2.37. The van der Waals surface area contributed by atoms with Crippen molar-refractivity contribution in [2.24, 2.45) is 5.92 Å². The Bertz CT molecular complexity index is 852. The van der Waals surface area contributed by atoms with Crippen LogP contribution in [0.1, 0.15) is 17.0 Å². The summed E-state index contributed by atoms with van der Waals surface area (Å²) in [7, 11) is -2.52. The smallest absolute Gasteiger partial charge is 0.243 e. The van der Waals surface area contributed by atoms with Crippen LogP contribution in [-0.4, -0.2) is 44.6 Å². The van der Waals surface area contributed by atoms with Crippen molar-refractivity contribution in [2.45, 2.75) is 17.7 Å². The first kappa shape index (κ1) is 18.3. The number of aliphatic hydroxyl groups is 1. The summed E-state index contributed by atoms with van der Waals surface area (Å²) in [5.41, 5.74) is 1.07. The van der Waals surface area contributed by atoms with Gasteiger partial charge in [-0.15, -0.1) is 0 Å². The number of ether oxygens (including phenoxy) is 1. The molecule has 0 bridgehead atoms. The normalized spacial score (nSPS) is 21.6. The molecule has 2 aromatic rings. The van der Waals surface area contributed by atoms with Crippen molar-refractivity contribution in [3.63, 3.8) is 0 Å². The Morgan fingerprint density at radius 1 is 1.36 bits per heavy atom. The number of thiophene rings is 1. The van der Waals surface area contributed by atoms with Crippen LogP contribution in [-0.2, 0) is 10.0 Å². The summed E-state index contributed by atoms with van der Waals surface area (Å²) in [4.78, 5) is -0.0616. The number of sulfonamides is 1. The summed E-state index contributed by atoms with van der Waals surface area (Å²) >= 11 is 1.54. The van der Waals surface area contributed by atoms with Crippen molar-refractivity contribution in [3.8, 4) is 5.75 Å². The number of benzene rings is 1. The molecule has 1 N–H and O–H groups in total. The number of halogens is 1. The van der Waals surface area contributed by atoms with Gasteiger partial charge in [-0.2, -0.15) is 15.6 Å². The molecule has 1 aromatic carbocycles. The summed E-state index contributed by atoms with van der Waals surface area (Å²) in [5, 5.41) is 13.6. The Morgan fingerprint density at radius 3 is 2.72 bits per heavy atom. The van der Waals surface area contributed by atoms with Crippen LogP contribution in [0.2, 0.25) is 0 Å². The van der Waals surface area contributed by atoms with E-state index in [1.807, 2.05) is 16.8 Å². The van der Waals surface area contributed by atoms with Crippen LogP contribution in [0.25, 0.3) is 0 Å². The van der Waals surface area contributed by atoms with Gasteiger partial charge < -0.3 is 9.84 Å². The molecular weight excluding hydrogens is 365 g/mol. The number of methoxy groups -OCH3 is 1. The average molecular weight is 385 g/mol. The van der Waals surface area contributed by atoms with Gasteiger partial charge >= 0.3 is 0 Å². The fourth-order valence-electron chi connectivity index (χ4n) is 3.30. The Labute approximate surface area is 150 Å². The zero-order chi connectivity index (χ0) is 18.2. The molecular formula is C17H20FNO4S2. The second-order valence-corrected chi connectivity index (χ2v) is 8.82. The molecule has 1 aliphatic heterocycles. The van der Waals surface area contributed by atoms with Crippen molar-refractivity contribution in [1.82, 2.24) is 4.31 Å². The van der Waals surface area contributed by atoms with Gasteiger partial charge in [-0.05, 0) is 41.4 Å². The molecule has 1 fully saturated rings. The van der Waals surface area contributed by atoms with Crippen LogP contribution < -0.4 is 4.74 Å². The maximum Gasteiger partial charge on any atom is 0.243 e. The van der Waals surface area contributed by atoms with Crippen LogP contribution in [0.3, 0.4) is 0 Å². The maximum absolute atomic E-state index is 14.3. The lowest BCUT2D eigenvalue weighted by molar-refractivity contribution is 0.223. The highest BCUT2D eigenvalue weighted by atomic mass is 32.2. The van der Waals surface area contributed by atoms with Crippen molar-refractivity contribution < 1.29 is 22.7 Å². The van der Waals surface area contributed by atoms with E-state index >= 15 is 0 Å². The molecule has 25 heavy (non-hydrogen) atoms. The van der Waals surface area contributed by atoms with Crippen LogP contribution in [0.15, 0.2) is 33.9 Å². The Kier molecular flexibility index (Phi) is 5.15. The largest absolute Gasteiger partial charge is 0.494 e. The summed E-state index contributed by atoms with van der Waals surface area (Å²) in [6.07, 6.45) is 0. The van der Waals surface area contributed by atoms with Crippen molar-refractivity contribution in [1.29, 1.82) is 0 Å². The molecule has 0 spiro atoms. The monoisotopic (exact) mass is 385 g/mol. The number of nitrogens with zero attached hydrogens (tertiary/aromatic N) is 1. The fraction of sp³-hybridized carbons (Fsp3) is 0.412. The van der Waals surface area contributed by atoms with Gasteiger partial charge in [0.1, 0.15) is 0 Å². The van der Waals surface area contributed by atoms with E-state index < -0.39 is 15.8 Å². The van der Waals surface area contributed by atoms with Crippen molar-refractivity contribution >= 4 is 21.4 Å². The summed E-state index contributed by atoms with van der Waals surface area (Å²) in [6, 6.07) is 4.65. The van der Waals surface area contributed by atoms with Gasteiger partial charge in [0.25, 0.3) is 0 Å². The van der Waals surface area contributed by atoms with Gasteiger partial charge in [0.15, 0.2) is 11.6 Å². The van der Waals surface area contributed by atoms with Gasteiger partial charge in [0, 0.05) is 37.1 Å². The molecule has 0 amide bonds. The highest BCUT2D eigenvalue weighted by molar-refractivity contribution is 7.89. The topological polar surface area (TPSA) is 66.8 Å². The first-order chi connectivity index (χ1) is 11.9. The molecule has 3 rings (SSSR count). The van der Waals surface area contributed by atoms with Gasteiger partial charge in [0.05, 0.1) is 12.0 Å². The molecule has 2 atom stereocenters. The zero-order valence-electron chi connectivity index (χ0n) is 14.0. The van der Waals surface area contributed by atoms with Gasteiger partial charge in [0.2, 0.25) is 10.0 Å². The van der Waals surface area contributed by atoms with E-state index in [1.54, 1.807) is 0 Å². The highest BCUT2D eigenvalue weighted by Gasteiger charge is 2.40. The third kappa shape index (κ3) is 3.19. The minimum Gasteiger partial charge on any atom is -0.494 e. The van der Waals surface area contributed by atoms with Crippen LogP contribution in [0.5, 0.6) is 5.75 Å².